The summed E-state index contributed by atoms with van der Waals surface area (Å²) in [5, 5.41) is 22.8. The van der Waals surface area contributed by atoms with Crippen molar-refractivity contribution in [3.63, 3.8) is 0 Å². The molecule has 0 aromatic heterocycles. The van der Waals surface area contributed by atoms with E-state index in [0.717, 1.165) is 22.3 Å². The van der Waals surface area contributed by atoms with Crippen LogP contribution in [0.4, 0.5) is 4.79 Å². The van der Waals surface area contributed by atoms with Crippen LogP contribution in [-0.4, -0.2) is 53.8 Å². The Balaban J connectivity index is 1.56. The monoisotopic (exact) mass is 481 g/mol. The summed E-state index contributed by atoms with van der Waals surface area (Å²) in [6, 6.07) is 17.2. The van der Waals surface area contributed by atoms with E-state index in [2.05, 4.69) is 22.8 Å². The molecule has 178 valence electrons. The van der Waals surface area contributed by atoms with Crippen LogP contribution in [-0.2, 0) is 14.3 Å². The Bertz CT molecular complexity index is 1020. The van der Waals surface area contributed by atoms with E-state index in [-0.39, 0.29) is 37.2 Å². The molecule has 2 aromatic carbocycles. The molecule has 0 spiro atoms. The van der Waals surface area contributed by atoms with Crippen LogP contribution in [0.15, 0.2) is 48.5 Å². The normalized spacial score (nSPS) is 12.7. The summed E-state index contributed by atoms with van der Waals surface area (Å²) in [6.07, 6.45) is 0.321. The first kappa shape index (κ1) is 25.1. The molecule has 1 atom stereocenters. The van der Waals surface area contributed by atoms with E-state index in [4.69, 9.17) is 15.1 Å². The topological polar surface area (TPSA) is 129 Å². The van der Waals surface area contributed by atoms with Gasteiger partial charge in [0.15, 0.2) is 0 Å². The number of carboxylic acid groups (broad SMARTS) is 1. The fourth-order valence-corrected chi connectivity index (χ4v) is 4.53. The predicted molar refractivity (Wildman–Crippen MR) is 129 cm³/mol. The molecule has 2 amide bonds. The number of alkyl carbamates (subject to hydrolysis) is 1. The molecule has 2 aromatic rings. The van der Waals surface area contributed by atoms with Gasteiger partial charge in [0.05, 0.1) is 11.8 Å². The van der Waals surface area contributed by atoms with Crippen LogP contribution >= 0.6 is 11.8 Å². The number of fused-ring (bicyclic) bond motifs is 3. The summed E-state index contributed by atoms with van der Waals surface area (Å²) in [5.41, 5.74) is 4.45. The minimum Gasteiger partial charge on any atom is -0.481 e. The van der Waals surface area contributed by atoms with Crippen LogP contribution in [0.3, 0.4) is 0 Å². The van der Waals surface area contributed by atoms with Gasteiger partial charge in [-0.1, -0.05) is 48.5 Å². The van der Waals surface area contributed by atoms with Gasteiger partial charge in [-0.25, -0.2) is 4.79 Å². The molecule has 0 saturated carbocycles. The molecule has 34 heavy (non-hydrogen) atoms. The molecule has 1 aliphatic rings. The molecule has 8 nitrogen and oxygen atoms in total. The van der Waals surface area contributed by atoms with Crippen molar-refractivity contribution in [2.45, 2.75) is 31.2 Å². The highest BCUT2D eigenvalue weighted by Gasteiger charge is 2.29. The van der Waals surface area contributed by atoms with Crippen molar-refractivity contribution in [2.75, 3.05) is 24.7 Å². The molecule has 0 saturated heterocycles. The molecule has 9 heteroatoms. The van der Waals surface area contributed by atoms with Gasteiger partial charge in [0.2, 0.25) is 5.91 Å². The van der Waals surface area contributed by atoms with Crippen molar-refractivity contribution < 1.29 is 24.2 Å². The fraction of sp³-hybridized carbons (Fsp3) is 0.360. The Kier molecular flexibility index (Phi) is 9.35. The SMILES string of the molecule is N#CCCCC(NC(=O)OCC1c2ccccc2-c2ccccc21)C(=O)NCCSCC(=O)O. The number of nitriles is 1. The summed E-state index contributed by atoms with van der Waals surface area (Å²) in [7, 11) is 0. The molecule has 3 rings (SSSR count). The lowest BCUT2D eigenvalue weighted by atomic mass is 9.98. The van der Waals surface area contributed by atoms with E-state index < -0.39 is 18.1 Å². The van der Waals surface area contributed by atoms with Crippen molar-refractivity contribution in [1.82, 2.24) is 10.6 Å². The van der Waals surface area contributed by atoms with Gasteiger partial charge in [0.1, 0.15) is 12.6 Å². The number of carboxylic acids is 1. The average molecular weight is 482 g/mol. The second-order valence-corrected chi connectivity index (χ2v) is 8.92. The number of benzene rings is 2. The third kappa shape index (κ3) is 6.75. The van der Waals surface area contributed by atoms with E-state index in [1.165, 1.54) is 11.8 Å². The van der Waals surface area contributed by atoms with Crippen molar-refractivity contribution in [1.29, 1.82) is 5.26 Å². The first-order valence-corrected chi connectivity index (χ1v) is 12.2. The molecule has 0 radical (unpaired) electrons. The van der Waals surface area contributed by atoms with Crippen molar-refractivity contribution in [3.8, 4) is 17.2 Å². The lowest BCUT2D eigenvalue weighted by molar-refractivity contribution is -0.133. The number of aliphatic carboxylic acids is 1. The Morgan fingerprint density at radius 2 is 1.74 bits per heavy atom. The van der Waals surface area contributed by atoms with Crippen LogP contribution in [0.25, 0.3) is 11.1 Å². The van der Waals surface area contributed by atoms with Crippen molar-refractivity contribution in [3.05, 3.63) is 59.7 Å². The largest absolute Gasteiger partial charge is 0.481 e. The number of unbranched alkanes of at least 4 members (excludes halogenated alkanes) is 1. The number of hydrogen-bond acceptors (Lipinski definition) is 6. The van der Waals surface area contributed by atoms with Gasteiger partial charge in [-0.3, -0.25) is 9.59 Å². The average Bonchev–Trinajstić information content (AvgIpc) is 3.15. The summed E-state index contributed by atoms with van der Waals surface area (Å²) >= 11 is 1.19. The van der Waals surface area contributed by atoms with Gasteiger partial charge in [0.25, 0.3) is 0 Å². The highest BCUT2D eigenvalue weighted by Crippen LogP contribution is 2.44. The summed E-state index contributed by atoms with van der Waals surface area (Å²) in [6.45, 7) is 0.413. The van der Waals surface area contributed by atoms with Crippen LogP contribution < -0.4 is 10.6 Å². The first-order chi connectivity index (χ1) is 16.5. The van der Waals surface area contributed by atoms with E-state index in [1.807, 2.05) is 42.5 Å². The number of nitrogens with one attached hydrogen (secondary N) is 2. The Morgan fingerprint density at radius 3 is 2.35 bits per heavy atom. The Morgan fingerprint density at radius 1 is 1.09 bits per heavy atom. The molecule has 0 fully saturated rings. The molecule has 3 N–H and O–H groups in total. The standard InChI is InChI=1S/C25H27N3O5S/c26-12-6-5-11-22(24(31)27-13-14-34-16-23(29)30)28-25(32)33-15-21-19-9-3-1-7-17(19)18-8-2-4-10-20(18)21/h1-4,7-10,21-22H,5-6,11,13-16H2,(H,27,31)(H,28,32)(H,29,30). The maximum absolute atomic E-state index is 12.6. The zero-order valence-electron chi connectivity index (χ0n) is 18.7. The molecular weight excluding hydrogens is 454 g/mol. The minimum atomic E-state index is -0.914. The lowest BCUT2D eigenvalue weighted by Gasteiger charge is -2.19. The fourth-order valence-electron chi connectivity index (χ4n) is 3.97. The molecule has 0 heterocycles. The van der Waals surface area contributed by atoms with Crippen molar-refractivity contribution >= 4 is 29.7 Å². The number of carbonyl (C=O) groups is 3. The third-order valence-electron chi connectivity index (χ3n) is 5.50. The molecule has 1 unspecified atom stereocenters. The zero-order valence-corrected chi connectivity index (χ0v) is 19.5. The number of amides is 2. The molecule has 0 bridgehead atoms. The highest BCUT2D eigenvalue weighted by molar-refractivity contribution is 7.99. The Hall–Kier alpha value is -3.51. The van der Waals surface area contributed by atoms with Crippen LogP contribution in [0, 0.1) is 11.3 Å². The third-order valence-corrected chi connectivity index (χ3v) is 6.45. The van der Waals surface area contributed by atoms with E-state index in [1.54, 1.807) is 0 Å². The van der Waals surface area contributed by atoms with Gasteiger partial charge in [-0.05, 0) is 35.1 Å². The number of ether oxygens (including phenoxy) is 1. The first-order valence-electron chi connectivity index (χ1n) is 11.1. The quantitative estimate of drug-likeness (QED) is 0.396. The van der Waals surface area contributed by atoms with Gasteiger partial charge in [0, 0.05) is 24.6 Å². The number of hydrogen-bond donors (Lipinski definition) is 3. The molecule has 1 aliphatic carbocycles. The summed E-state index contributed by atoms with van der Waals surface area (Å²) in [4.78, 5) is 35.7. The maximum atomic E-state index is 12.6. The highest BCUT2D eigenvalue weighted by atomic mass is 32.2. The van der Waals surface area contributed by atoms with Gasteiger partial charge in [-0.2, -0.15) is 5.26 Å². The van der Waals surface area contributed by atoms with Crippen LogP contribution in [0.5, 0.6) is 0 Å². The number of carbonyl (C=O) groups excluding carboxylic acids is 2. The van der Waals surface area contributed by atoms with Gasteiger partial charge < -0.3 is 20.5 Å². The minimum absolute atomic E-state index is 0.0422. The number of rotatable bonds is 12. The number of thioether (sulfide) groups is 1. The van der Waals surface area contributed by atoms with Crippen LogP contribution in [0.1, 0.15) is 36.3 Å². The summed E-state index contributed by atoms with van der Waals surface area (Å²) in [5.74, 6) is -0.992. The number of nitrogens with zero attached hydrogens (tertiary/aromatic N) is 1. The maximum Gasteiger partial charge on any atom is 0.407 e. The van der Waals surface area contributed by atoms with E-state index in [9.17, 15) is 14.4 Å². The van der Waals surface area contributed by atoms with Gasteiger partial charge >= 0.3 is 12.1 Å². The van der Waals surface area contributed by atoms with Gasteiger partial charge in [-0.15, -0.1) is 11.8 Å². The second-order valence-electron chi connectivity index (χ2n) is 7.81. The second kappa shape index (κ2) is 12.7. The molecular formula is C25H27N3O5S. The van der Waals surface area contributed by atoms with E-state index in [0.29, 0.717) is 18.6 Å². The van der Waals surface area contributed by atoms with E-state index >= 15 is 0 Å². The summed E-state index contributed by atoms with van der Waals surface area (Å²) < 4.78 is 5.53. The smallest absolute Gasteiger partial charge is 0.407 e. The molecule has 0 aliphatic heterocycles. The lowest BCUT2D eigenvalue weighted by Crippen LogP contribution is -2.47. The van der Waals surface area contributed by atoms with Crippen molar-refractivity contribution in [2.24, 2.45) is 0 Å². The van der Waals surface area contributed by atoms with Crippen LogP contribution in [0.2, 0.25) is 0 Å². The predicted octanol–water partition coefficient (Wildman–Crippen LogP) is 3.52. The zero-order chi connectivity index (χ0) is 24.3. The Labute approximate surface area is 202 Å².